The van der Waals surface area contributed by atoms with Gasteiger partial charge in [0.1, 0.15) is 5.75 Å². The van der Waals surface area contributed by atoms with Crippen LogP contribution in [0.2, 0.25) is 0 Å². The van der Waals surface area contributed by atoms with E-state index in [4.69, 9.17) is 0 Å². The summed E-state index contributed by atoms with van der Waals surface area (Å²) in [5, 5.41) is 9.45. The Bertz CT molecular complexity index is 314. The first kappa shape index (κ1) is 13.8. The van der Waals surface area contributed by atoms with Crippen LogP contribution in [0.1, 0.15) is 40.2 Å². The summed E-state index contributed by atoms with van der Waals surface area (Å²) in [6, 6.07) is 7.46. The average Bonchev–Trinajstić information content (AvgIpc) is 2.01. The largest absolute Gasteiger partial charge is 0.508 e. The van der Waals surface area contributed by atoms with Crippen molar-refractivity contribution in [2.24, 2.45) is 0 Å². The molecule has 0 aromatic heterocycles. The number of benzene rings is 1. The highest BCUT2D eigenvalue weighted by molar-refractivity contribution is 5.36. The molecule has 1 N–H and O–H groups in total. The summed E-state index contributed by atoms with van der Waals surface area (Å²) in [5.41, 5.74) is 2.20. The molecule has 0 heterocycles. The number of para-hydroxylation sites is 1. The van der Waals surface area contributed by atoms with Gasteiger partial charge in [0.15, 0.2) is 0 Å². The van der Waals surface area contributed by atoms with Crippen LogP contribution in [0.4, 0.5) is 0 Å². The van der Waals surface area contributed by atoms with Crippen LogP contribution in [-0.4, -0.2) is 5.11 Å². The summed E-state index contributed by atoms with van der Waals surface area (Å²) in [7, 11) is 0. The van der Waals surface area contributed by atoms with Crippen LogP contribution in [0.25, 0.3) is 0 Å². The molecule has 0 saturated carbocycles. The number of phenols is 1. The van der Waals surface area contributed by atoms with Crippen LogP contribution in [0.15, 0.2) is 36.4 Å². The molecule has 0 fully saturated rings. The van der Waals surface area contributed by atoms with E-state index in [9.17, 15) is 5.11 Å². The normalized spacial score (nSPS) is 10.2. The van der Waals surface area contributed by atoms with E-state index in [1.807, 2.05) is 32.0 Å². The molecule has 15 heavy (non-hydrogen) atoms. The third-order valence-corrected chi connectivity index (χ3v) is 1.71. The van der Waals surface area contributed by atoms with E-state index in [1.54, 1.807) is 6.07 Å². The fourth-order valence-corrected chi connectivity index (χ4v) is 1.11. The first-order chi connectivity index (χ1) is 6.75. The van der Waals surface area contributed by atoms with Gasteiger partial charge in [0.05, 0.1) is 0 Å². The molecule has 0 radical (unpaired) electrons. The summed E-state index contributed by atoms with van der Waals surface area (Å²) in [6.07, 6.45) is 0. The molecular weight excluding hydrogens is 184 g/mol. The predicted octanol–water partition coefficient (Wildman–Crippen LogP) is 4.27. The Balaban J connectivity index is 0.000000423. The predicted molar refractivity (Wildman–Crippen MR) is 67.3 cm³/mol. The maximum absolute atomic E-state index is 9.45. The van der Waals surface area contributed by atoms with Crippen LogP contribution in [-0.2, 0) is 5.41 Å². The van der Waals surface area contributed by atoms with Gasteiger partial charge in [-0.05, 0) is 30.9 Å². The minimum atomic E-state index is 0.0331. The van der Waals surface area contributed by atoms with Gasteiger partial charge in [-0.3, -0.25) is 0 Å². The summed E-state index contributed by atoms with van der Waals surface area (Å²) in [5.74, 6) is 0.389. The lowest BCUT2D eigenvalue weighted by Crippen LogP contribution is -2.10. The SMILES string of the molecule is C=C(C)C.CC(C)(C)c1ccccc1O. The highest BCUT2D eigenvalue weighted by atomic mass is 16.3. The highest BCUT2D eigenvalue weighted by Gasteiger charge is 2.16. The third-order valence-electron chi connectivity index (χ3n) is 1.71. The Kier molecular flexibility index (Phi) is 5.13. The average molecular weight is 206 g/mol. The van der Waals surface area contributed by atoms with Crippen LogP contribution >= 0.6 is 0 Å². The molecule has 1 rings (SSSR count). The molecule has 0 saturated heterocycles. The number of hydrogen-bond acceptors (Lipinski definition) is 1. The fourth-order valence-electron chi connectivity index (χ4n) is 1.11. The summed E-state index contributed by atoms with van der Waals surface area (Å²) in [6.45, 7) is 13.8. The van der Waals surface area contributed by atoms with Gasteiger partial charge in [-0.1, -0.05) is 44.5 Å². The zero-order valence-electron chi connectivity index (χ0n) is 10.5. The molecular formula is C14H22O. The van der Waals surface area contributed by atoms with E-state index in [0.29, 0.717) is 5.75 Å². The number of hydrogen-bond donors (Lipinski definition) is 1. The number of allylic oxidation sites excluding steroid dienone is 1. The van der Waals surface area contributed by atoms with Crippen molar-refractivity contribution >= 4 is 0 Å². The van der Waals surface area contributed by atoms with Crippen LogP contribution < -0.4 is 0 Å². The summed E-state index contributed by atoms with van der Waals surface area (Å²) in [4.78, 5) is 0. The van der Waals surface area contributed by atoms with E-state index in [0.717, 1.165) is 5.56 Å². The molecule has 1 aromatic rings. The van der Waals surface area contributed by atoms with Crippen molar-refractivity contribution in [3.8, 4) is 5.75 Å². The van der Waals surface area contributed by atoms with Crippen LogP contribution in [0, 0.1) is 0 Å². The van der Waals surface area contributed by atoms with E-state index >= 15 is 0 Å². The number of rotatable bonds is 0. The fraction of sp³-hybridized carbons (Fsp3) is 0.429. The lowest BCUT2D eigenvalue weighted by atomic mass is 9.86. The Morgan fingerprint density at radius 3 is 1.80 bits per heavy atom. The summed E-state index contributed by atoms with van der Waals surface area (Å²) >= 11 is 0. The van der Waals surface area contributed by atoms with E-state index in [1.165, 1.54) is 5.57 Å². The first-order valence-electron chi connectivity index (χ1n) is 5.15. The minimum absolute atomic E-state index is 0.0331. The Morgan fingerprint density at radius 2 is 1.53 bits per heavy atom. The lowest BCUT2D eigenvalue weighted by Gasteiger charge is -2.19. The van der Waals surface area contributed by atoms with Crippen molar-refractivity contribution < 1.29 is 5.11 Å². The molecule has 0 aliphatic heterocycles. The first-order valence-corrected chi connectivity index (χ1v) is 5.15. The maximum atomic E-state index is 9.45. The Labute approximate surface area is 93.5 Å². The van der Waals surface area contributed by atoms with E-state index in [2.05, 4.69) is 27.4 Å². The zero-order valence-corrected chi connectivity index (χ0v) is 10.5. The van der Waals surface area contributed by atoms with Gasteiger partial charge in [-0.25, -0.2) is 0 Å². The number of phenolic OH excluding ortho intramolecular Hbond substituents is 1. The smallest absolute Gasteiger partial charge is 0.119 e. The molecule has 0 atom stereocenters. The van der Waals surface area contributed by atoms with E-state index in [-0.39, 0.29) is 5.41 Å². The highest BCUT2D eigenvalue weighted by Crippen LogP contribution is 2.29. The third kappa shape index (κ3) is 5.95. The van der Waals surface area contributed by atoms with Crippen molar-refractivity contribution in [1.29, 1.82) is 0 Å². The molecule has 0 amide bonds. The monoisotopic (exact) mass is 206 g/mol. The topological polar surface area (TPSA) is 20.2 Å². The van der Waals surface area contributed by atoms with E-state index < -0.39 is 0 Å². The van der Waals surface area contributed by atoms with Crippen molar-refractivity contribution in [1.82, 2.24) is 0 Å². The molecule has 1 heteroatoms. The van der Waals surface area contributed by atoms with Gasteiger partial charge in [-0.2, -0.15) is 0 Å². The lowest BCUT2D eigenvalue weighted by molar-refractivity contribution is 0.447. The van der Waals surface area contributed by atoms with Gasteiger partial charge in [-0.15, -0.1) is 6.58 Å². The molecule has 0 aliphatic carbocycles. The molecule has 0 unspecified atom stereocenters. The standard InChI is InChI=1S/C10H14O.C4H8/c1-10(2,3)8-6-4-5-7-9(8)11;1-4(2)3/h4-7,11H,1-3H3;1H2,2-3H3. The molecule has 0 bridgehead atoms. The molecule has 1 nitrogen and oxygen atoms in total. The Hall–Kier alpha value is -1.24. The van der Waals surface area contributed by atoms with Crippen LogP contribution in [0.5, 0.6) is 5.75 Å². The molecule has 1 aromatic carbocycles. The molecule has 84 valence electrons. The van der Waals surface area contributed by atoms with Gasteiger partial charge in [0.2, 0.25) is 0 Å². The quantitative estimate of drug-likeness (QED) is 0.628. The second kappa shape index (κ2) is 5.59. The zero-order chi connectivity index (χ0) is 12.1. The minimum Gasteiger partial charge on any atom is -0.508 e. The molecule has 0 spiro atoms. The van der Waals surface area contributed by atoms with Gasteiger partial charge < -0.3 is 5.11 Å². The van der Waals surface area contributed by atoms with Crippen molar-refractivity contribution in [2.75, 3.05) is 0 Å². The second-order valence-corrected chi connectivity index (χ2v) is 4.97. The van der Waals surface area contributed by atoms with Gasteiger partial charge in [0.25, 0.3) is 0 Å². The maximum Gasteiger partial charge on any atom is 0.119 e. The van der Waals surface area contributed by atoms with Gasteiger partial charge >= 0.3 is 0 Å². The summed E-state index contributed by atoms with van der Waals surface area (Å²) < 4.78 is 0. The van der Waals surface area contributed by atoms with Crippen molar-refractivity contribution in [2.45, 2.75) is 40.0 Å². The Morgan fingerprint density at radius 1 is 1.13 bits per heavy atom. The second-order valence-electron chi connectivity index (χ2n) is 4.97. The van der Waals surface area contributed by atoms with Crippen LogP contribution in [0.3, 0.4) is 0 Å². The molecule has 0 aliphatic rings. The van der Waals surface area contributed by atoms with Crippen molar-refractivity contribution in [3.05, 3.63) is 42.0 Å². The number of aromatic hydroxyl groups is 1. The van der Waals surface area contributed by atoms with Crippen molar-refractivity contribution in [3.63, 3.8) is 0 Å². The van der Waals surface area contributed by atoms with Gasteiger partial charge in [0, 0.05) is 0 Å².